The van der Waals surface area contributed by atoms with Crippen LogP contribution in [0.4, 0.5) is 0 Å². The van der Waals surface area contributed by atoms with E-state index in [0.717, 1.165) is 12.8 Å². The summed E-state index contributed by atoms with van der Waals surface area (Å²) < 4.78 is 5.10. The monoisotopic (exact) mass is 223 g/mol. The second-order valence-electron chi connectivity index (χ2n) is 4.15. The van der Waals surface area contributed by atoms with Crippen molar-refractivity contribution in [1.29, 1.82) is 0 Å². The first-order valence-corrected chi connectivity index (χ1v) is 5.35. The van der Waals surface area contributed by atoms with Gasteiger partial charge in [-0.15, -0.1) is 0 Å². The van der Waals surface area contributed by atoms with Crippen molar-refractivity contribution in [3.63, 3.8) is 0 Å². The van der Waals surface area contributed by atoms with Gasteiger partial charge in [0.05, 0.1) is 6.04 Å². The molecule has 0 aromatic carbocycles. The van der Waals surface area contributed by atoms with E-state index in [1.54, 1.807) is 10.8 Å². The molecule has 86 valence electrons. The molecule has 0 N–H and O–H groups in total. The molecule has 0 radical (unpaired) electrons. The zero-order chi connectivity index (χ0) is 11.7. The lowest BCUT2D eigenvalue weighted by molar-refractivity contribution is -0.144. The number of likely N-dealkylation sites (tertiary alicyclic amines) is 1. The van der Waals surface area contributed by atoms with Gasteiger partial charge in [-0.05, 0) is 12.8 Å². The zero-order valence-electron chi connectivity index (χ0n) is 9.06. The van der Waals surface area contributed by atoms with Crippen LogP contribution >= 0.6 is 0 Å². The standard InChI is InChI=1S/C11H13NO4/c1-7(14)12-4-2-3-9(12)10-5-8(6-13)11(15)16-10/h9-10H,2-5H2,1H3. The molecule has 2 fully saturated rings. The van der Waals surface area contributed by atoms with E-state index in [4.69, 9.17) is 4.74 Å². The Hall–Kier alpha value is -1.61. The lowest BCUT2D eigenvalue weighted by Crippen LogP contribution is -2.41. The maximum atomic E-state index is 11.3. The van der Waals surface area contributed by atoms with E-state index in [0.29, 0.717) is 6.54 Å². The van der Waals surface area contributed by atoms with Crippen LogP contribution in [0.25, 0.3) is 0 Å². The summed E-state index contributed by atoms with van der Waals surface area (Å²) in [7, 11) is 0. The van der Waals surface area contributed by atoms with Gasteiger partial charge in [0.1, 0.15) is 17.6 Å². The highest BCUT2D eigenvalue weighted by atomic mass is 16.6. The van der Waals surface area contributed by atoms with Crippen LogP contribution in [0.5, 0.6) is 0 Å². The van der Waals surface area contributed by atoms with E-state index in [-0.39, 0.29) is 30.0 Å². The van der Waals surface area contributed by atoms with Crippen LogP contribution in [-0.4, -0.2) is 41.4 Å². The summed E-state index contributed by atoms with van der Waals surface area (Å²) in [5, 5.41) is 0. The predicted molar refractivity (Wildman–Crippen MR) is 54.1 cm³/mol. The molecule has 0 saturated carbocycles. The number of esters is 1. The molecule has 0 aromatic heterocycles. The maximum Gasteiger partial charge on any atom is 0.345 e. The van der Waals surface area contributed by atoms with Crippen LogP contribution in [-0.2, 0) is 19.1 Å². The Bertz CT molecular complexity index is 383. The zero-order valence-corrected chi connectivity index (χ0v) is 9.06. The SMILES string of the molecule is CC(=O)N1CCCC1C1CC(=C=O)C(=O)O1. The van der Waals surface area contributed by atoms with E-state index in [1.165, 1.54) is 6.92 Å². The Kier molecular flexibility index (Phi) is 2.79. The van der Waals surface area contributed by atoms with Crippen LogP contribution in [0, 0.1) is 0 Å². The molecule has 2 aliphatic heterocycles. The summed E-state index contributed by atoms with van der Waals surface area (Å²) in [6.07, 6.45) is 1.65. The normalized spacial score (nSPS) is 29.2. The Morgan fingerprint density at radius 2 is 2.31 bits per heavy atom. The van der Waals surface area contributed by atoms with Crippen molar-refractivity contribution in [2.45, 2.75) is 38.3 Å². The van der Waals surface area contributed by atoms with Crippen molar-refractivity contribution in [3.05, 3.63) is 5.57 Å². The average Bonchev–Trinajstić information content (AvgIpc) is 2.82. The van der Waals surface area contributed by atoms with Crippen molar-refractivity contribution >= 4 is 17.8 Å². The minimum Gasteiger partial charge on any atom is -0.456 e. The lowest BCUT2D eigenvalue weighted by atomic mass is 10.0. The number of nitrogens with zero attached hydrogens (tertiary/aromatic N) is 1. The molecule has 2 saturated heterocycles. The molecule has 0 aliphatic carbocycles. The predicted octanol–water partition coefficient (Wildman–Crippen LogP) is 0.0708. The van der Waals surface area contributed by atoms with Crippen molar-refractivity contribution in [2.24, 2.45) is 0 Å². The van der Waals surface area contributed by atoms with E-state index in [2.05, 4.69) is 0 Å². The fourth-order valence-corrected chi connectivity index (χ4v) is 2.40. The Balaban J connectivity index is 2.12. The fourth-order valence-electron chi connectivity index (χ4n) is 2.40. The molecule has 1 amide bonds. The first-order valence-electron chi connectivity index (χ1n) is 5.35. The van der Waals surface area contributed by atoms with Crippen LogP contribution in [0.2, 0.25) is 0 Å². The largest absolute Gasteiger partial charge is 0.456 e. The first kappa shape index (κ1) is 10.9. The summed E-state index contributed by atoms with van der Waals surface area (Å²) in [6.45, 7) is 2.21. The third-order valence-electron chi connectivity index (χ3n) is 3.17. The quantitative estimate of drug-likeness (QED) is 0.358. The number of ether oxygens (including phenoxy) is 1. The minimum atomic E-state index is -0.588. The second kappa shape index (κ2) is 4.10. The smallest absolute Gasteiger partial charge is 0.345 e. The van der Waals surface area contributed by atoms with E-state index in [9.17, 15) is 14.4 Å². The number of amides is 1. The van der Waals surface area contributed by atoms with Gasteiger partial charge in [0, 0.05) is 19.9 Å². The molecule has 2 aliphatic rings. The summed E-state index contributed by atoms with van der Waals surface area (Å²) in [6, 6.07) is -0.0766. The molecule has 2 heterocycles. The van der Waals surface area contributed by atoms with E-state index >= 15 is 0 Å². The number of rotatable bonds is 1. The highest BCUT2D eigenvalue weighted by Gasteiger charge is 2.41. The van der Waals surface area contributed by atoms with Crippen LogP contribution in [0.1, 0.15) is 26.2 Å². The van der Waals surface area contributed by atoms with Gasteiger partial charge in [-0.1, -0.05) is 0 Å². The number of hydrogen-bond acceptors (Lipinski definition) is 4. The Morgan fingerprint density at radius 1 is 1.56 bits per heavy atom. The molecule has 0 spiro atoms. The minimum absolute atomic E-state index is 0.0120. The molecule has 5 heteroatoms. The Labute approximate surface area is 93.0 Å². The molecule has 5 nitrogen and oxygen atoms in total. The molecule has 2 unspecified atom stereocenters. The van der Waals surface area contributed by atoms with Crippen molar-refractivity contribution in [1.82, 2.24) is 4.90 Å². The second-order valence-corrected chi connectivity index (χ2v) is 4.15. The van der Waals surface area contributed by atoms with E-state index < -0.39 is 5.97 Å². The van der Waals surface area contributed by atoms with Crippen LogP contribution in [0.15, 0.2) is 5.57 Å². The van der Waals surface area contributed by atoms with Crippen LogP contribution < -0.4 is 0 Å². The molecular weight excluding hydrogens is 210 g/mol. The molecule has 2 rings (SSSR count). The lowest BCUT2D eigenvalue weighted by Gasteiger charge is -2.26. The number of hydrogen-bond donors (Lipinski definition) is 0. The van der Waals surface area contributed by atoms with Gasteiger partial charge in [-0.3, -0.25) is 4.79 Å². The summed E-state index contributed by atoms with van der Waals surface area (Å²) >= 11 is 0. The summed E-state index contributed by atoms with van der Waals surface area (Å²) in [5.74, 6) is 1.00. The maximum absolute atomic E-state index is 11.3. The van der Waals surface area contributed by atoms with Gasteiger partial charge < -0.3 is 9.64 Å². The fraction of sp³-hybridized carbons (Fsp3) is 0.636. The summed E-state index contributed by atoms with van der Waals surface area (Å²) in [5.41, 5.74) is 0.0559. The number of carbonyl (C=O) groups is 2. The van der Waals surface area contributed by atoms with Crippen molar-refractivity contribution in [3.8, 4) is 0 Å². The third-order valence-corrected chi connectivity index (χ3v) is 3.17. The van der Waals surface area contributed by atoms with Gasteiger partial charge in [0.25, 0.3) is 0 Å². The van der Waals surface area contributed by atoms with Gasteiger partial charge in [-0.2, -0.15) is 0 Å². The first-order chi connectivity index (χ1) is 7.63. The van der Waals surface area contributed by atoms with E-state index in [1.807, 2.05) is 0 Å². The molecular formula is C11H13NO4. The molecule has 0 bridgehead atoms. The molecule has 0 aromatic rings. The highest BCUT2D eigenvalue weighted by molar-refractivity contribution is 5.98. The van der Waals surface area contributed by atoms with Crippen molar-refractivity contribution < 1.29 is 19.1 Å². The van der Waals surface area contributed by atoms with Gasteiger partial charge in [0.2, 0.25) is 5.91 Å². The van der Waals surface area contributed by atoms with Gasteiger partial charge in [-0.25, -0.2) is 9.59 Å². The highest BCUT2D eigenvalue weighted by Crippen LogP contribution is 2.29. The third kappa shape index (κ3) is 1.74. The average molecular weight is 223 g/mol. The number of cyclic esters (lactones) is 1. The Morgan fingerprint density at radius 3 is 2.88 bits per heavy atom. The topological polar surface area (TPSA) is 63.7 Å². The van der Waals surface area contributed by atoms with Gasteiger partial charge >= 0.3 is 5.97 Å². The molecule has 16 heavy (non-hydrogen) atoms. The number of carbonyl (C=O) groups excluding carboxylic acids is 3. The summed E-state index contributed by atoms with van der Waals surface area (Å²) in [4.78, 5) is 34.7. The van der Waals surface area contributed by atoms with Crippen LogP contribution in [0.3, 0.4) is 0 Å². The van der Waals surface area contributed by atoms with Gasteiger partial charge in [0.15, 0.2) is 0 Å². The van der Waals surface area contributed by atoms with Crippen molar-refractivity contribution in [2.75, 3.05) is 6.54 Å². The molecule has 2 atom stereocenters.